The molecule has 138 valence electrons. The van der Waals surface area contributed by atoms with Crippen LogP contribution in [-0.2, 0) is 4.74 Å². The lowest BCUT2D eigenvalue weighted by Gasteiger charge is -2.17. The number of nitrogens with zero attached hydrogens (tertiary/aromatic N) is 5. The maximum atomic E-state index is 10.4. The molecule has 4 unspecified atom stereocenters. The fraction of sp³-hybridized carbons (Fsp3) is 0.714. The summed E-state index contributed by atoms with van der Waals surface area (Å²) in [6, 6.07) is -0.557. The first-order valence-corrected chi connectivity index (χ1v) is 9.43. The van der Waals surface area contributed by atoms with Crippen molar-refractivity contribution >= 4 is 34.5 Å². The van der Waals surface area contributed by atoms with Gasteiger partial charge in [-0.3, -0.25) is 0 Å². The van der Waals surface area contributed by atoms with E-state index in [1.165, 1.54) is 16.4 Å². The van der Waals surface area contributed by atoms with E-state index in [1.807, 2.05) is 0 Å². The summed E-state index contributed by atoms with van der Waals surface area (Å²) >= 11 is 7.66. The molecular formula is C14H20ClN5O4S. The van der Waals surface area contributed by atoms with E-state index in [0.717, 1.165) is 12.2 Å². The molecule has 0 saturated heterocycles. The zero-order valence-corrected chi connectivity index (χ0v) is 15.2. The molecule has 0 aliphatic heterocycles. The first-order valence-electron chi connectivity index (χ1n) is 8.06. The second kappa shape index (κ2) is 8.11. The molecule has 1 aliphatic carbocycles. The molecule has 2 aromatic rings. The van der Waals surface area contributed by atoms with Crippen LogP contribution >= 0.6 is 23.4 Å². The Kier molecular flexibility index (Phi) is 6.08. The molecular weight excluding hydrogens is 370 g/mol. The molecule has 3 N–H and O–H groups in total. The number of aliphatic hydroxyl groups is 3. The van der Waals surface area contributed by atoms with Crippen LogP contribution in [-0.4, -0.2) is 77.6 Å². The molecule has 11 heteroatoms. The predicted molar refractivity (Wildman–Crippen MR) is 91.6 cm³/mol. The van der Waals surface area contributed by atoms with Gasteiger partial charge in [-0.25, -0.2) is 14.6 Å². The molecule has 9 nitrogen and oxygen atoms in total. The summed E-state index contributed by atoms with van der Waals surface area (Å²) in [6.07, 6.45) is -1.48. The molecule has 0 aromatic carbocycles. The summed E-state index contributed by atoms with van der Waals surface area (Å²) in [5, 5.41) is 38.2. The Morgan fingerprint density at radius 1 is 1.32 bits per heavy atom. The third-order valence-electron chi connectivity index (χ3n) is 4.03. The summed E-state index contributed by atoms with van der Waals surface area (Å²) in [4.78, 5) is 8.66. The third kappa shape index (κ3) is 3.74. The minimum absolute atomic E-state index is 0.0884. The molecule has 3 rings (SSSR count). The number of aliphatic hydroxyl groups excluding tert-OH is 3. The lowest BCUT2D eigenvalue weighted by atomic mass is 10.2. The maximum Gasteiger partial charge on any atom is 0.191 e. The fourth-order valence-corrected chi connectivity index (χ4v) is 3.79. The van der Waals surface area contributed by atoms with Crippen molar-refractivity contribution in [3.05, 3.63) is 5.15 Å². The topological polar surface area (TPSA) is 126 Å². The fourth-order valence-electron chi connectivity index (χ4n) is 2.84. The van der Waals surface area contributed by atoms with E-state index < -0.39 is 24.4 Å². The number of fused-ring (bicyclic) bond motifs is 1. The largest absolute Gasteiger partial charge is 0.394 e. The summed E-state index contributed by atoms with van der Waals surface area (Å²) in [6.45, 7) is 1.99. The lowest BCUT2D eigenvalue weighted by Crippen LogP contribution is -2.33. The molecule has 0 spiro atoms. The van der Waals surface area contributed by atoms with Crippen LogP contribution in [0, 0.1) is 0 Å². The Bertz CT molecular complexity index is 733. The van der Waals surface area contributed by atoms with Crippen molar-refractivity contribution in [1.29, 1.82) is 0 Å². The van der Waals surface area contributed by atoms with Crippen LogP contribution in [0.5, 0.6) is 0 Å². The Balaban J connectivity index is 1.91. The van der Waals surface area contributed by atoms with E-state index in [2.05, 4.69) is 27.2 Å². The number of hydrogen-bond donors (Lipinski definition) is 3. The predicted octanol–water partition coefficient (Wildman–Crippen LogP) is 0.421. The van der Waals surface area contributed by atoms with Gasteiger partial charge >= 0.3 is 0 Å². The van der Waals surface area contributed by atoms with Gasteiger partial charge in [-0.15, -0.1) is 5.10 Å². The first-order chi connectivity index (χ1) is 12.1. The number of ether oxygens (including phenoxy) is 1. The number of halogens is 1. The molecule has 2 aromatic heterocycles. The zero-order valence-electron chi connectivity index (χ0n) is 13.6. The van der Waals surface area contributed by atoms with Crippen LogP contribution in [0.4, 0.5) is 0 Å². The monoisotopic (exact) mass is 389 g/mol. The summed E-state index contributed by atoms with van der Waals surface area (Å²) in [5.41, 5.74) is 0.765. The number of aromatic nitrogens is 5. The Morgan fingerprint density at radius 3 is 2.84 bits per heavy atom. The van der Waals surface area contributed by atoms with Crippen LogP contribution in [0.2, 0.25) is 5.15 Å². The van der Waals surface area contributed by atoms with Crippen LogP contribution in [0.3, 0.4) is 0 Å². The van der Waals surface area contributed by atoms with Crippen LogP contribution in [0.1, 0.15) is 25.8 Å². The standard InChI is InChI=1S/C14H20ClN5O4S/c1-2-5-25-14-16-12(15)9-13(17-14)20(19-18-9)7-6-8(24-4-3-21)11(23)10(7)22/h7-8,10-11,21-23H,2-6H2,1H3. The average Bonchev–Trinajstić information content (AvgIpc) is 3.14. The summed E-state index contributed by atoms with van der Waals surface area (Å²) in [7, 11) is 0. The van der Waals surface area contributed by atoms with E-state index in [1.54, 1.807) is 0 Å². The third-order valence-corrected chi connectivity index (χ3v) is 5.35. The SMILES string of the molecule is CCCSc1nc(Cl)c2nnn(C3CC(OCCO)C(O)C3O)c2n1. The Labute approximate surface area is 153 Å². The molecule has 1 aliphatic rings. The highest BCUT2D eigenvalue weighted by Crippen LogP contribution is 2.34. The van der Waals surface area contributed by atoms with Crippen LogP contribution in [0.25, 0.3) is 11.2 Å². The van der Waals surface area contributed by atoms with Crippen LogP contribution < -0.4 is 0 Å². The Hall–Kier alpha value is -1.04. The quantitative estimate of drug-likeness (QED) is 0.350. The van der Waals surface area contributed by atoms with Crippen molar-refractivity contribution in [1.82, 2.24) is 25.0 Å². The van der Waals surface area contributed by atoms with Crippen molar-refractivity contribution in [2.24, 2.45) is 0 Å². The van der Waals surface area contributed by atoms with Crippen molar-refractivity contribution in [3.8, 4) is 0 Å². The first kappa shape index (κ1) is 18.7. The van der Waals surface area contributed by atoms with E-state index in [9.17, 15) is 10.2 Å². The highest BCUT2D eigenvalue weighted by atomic mass is 35.5. The summed E-state index contributed by atoms with van der Waals surface area (Å²) < 4.78 is 6.86. The van der Waals surface area contributed by atoms with Gasteiger partial charge in [-0.05, 0) is 6.42 Å². The van der Waals surface area contributed by atoms with Crippen molar-refractivity contribution in [3.63, 3.8) is 0 Å². The normalized spacial score (nSPS) is 26.6. The van der Waals surface area contributed by atoms with Crippen molar-refractivity contribution in [2.75, 3.05) is 19.0 Å². The van der Waals surface area contributed by atoms with Gasteiger partial charge in [-0.1, -0.05) is 35.5 Å². The minimum Gasteiger partial charge on any atom is -0.394 e. The van der Waals surface area contributed by atoms with E-state index >= 15 is 0 Å². The van der Waals surface area contributed by atoms with Gasteiger partial charge in [-0.2, -0.15) is 0 Å². The Morgan fingerprint density at radius 2 is 2.12 bits per heavy atom. The lowest BCUT2D eigenvalue weighted by molar-refractivity contribution is -0.0629. The number of thioether (sulfide) groups is 1. The van der Waals surface area contributed by atoms with Gasteiger partial charge in [0.25, 0.3) is 0 Å². The molecule has 0 radical (unpaired) electrons. The van der Waals surface area contributed by atoms with Crippen molar-refractivity contribution in [2.45, 2.75) is 49.3 Å². The van der Waals surface area contributed by atoms with Gasteiger partial charge in [0.1, 0.15) is 12.2 Å². The molecule has 0 amide bonds. The second-order valence-corrected chi connectivity index (χ2v) is 7.19. The molecule has 0 bridgehead atoms. The highest BCUT2D eigenvalue weighted by Gasteiger charge is 2.44. The van der Waals surface area contributed by atoms with E-state index in [0.29, 0.717) is 22.7 Å². The minimum atomic E-state index is -1.09. The molecule has 25 heavy (non-hydrogen) atoms. The van der Waals surface area contributed by atoms with Gasteiger partial charge < -0.3 is 20.1 Å². The van der Waals surface area contributed by atoms with Gasteiger partial charge in [0.2, 0.25) is 0 Å². The van der Waals surface area contributed by atoms with Gasteiger partial charge in [0, 0.05) is 12.2 Å². The van der Waals surface area contributed by atoms with Gasteiger partial charge in [0.15, 0.2) is 21.5 Å². The zero-order chi connectivity index (χ0) is 18.0. The second-order valence-electron chi connectivity index (χ2n) is 5.77. The van der Waals surface area contributed by atoms with Crippen LogP contribution in [0.15, 0.2) is 5.16 Å². The molecule has 4 atom stereocenters. The van der Waals surface area contributed by atoms with E-state index in [4.69, 9.17) is 21.4 Å². The van der Waals surface area contributed by atoms with Gasteiger partial charge in [0.05, 0.1) is 25.4 Å². The highest BCUT2D eigenvalue weighted by molar-refractivity contribution is 7.99. The molecule has 1 fully saturated rings. The number of rotatable bonds is 7. The maximum absolute atomic E-state index is 10.4. The molecule has 2 heterocycles. The average molecular weight is 390 g/mol. The smallest absolute Gasteiger partial charge is 0.191 e. The summed E-state index contributed by atoms with van der Waals surface area (Å²) in [5.74, 6) is 0.852. The van der Waals surface area contributed by atoms with E-state index in [-0.39, 0.29) is 18.4 Å². The number of hydrogen-bond acceptors (Lipinski definition) is 9. The molecule has 1 saturated carbocycles. The van der Waals surface area contributed by atoms with Crippen molar-refractivity contribution < 1.29 is 20.1 Å².